The summed E-state index contributed by atoms with van der Waals surface area (Å²) in [7, 11) is 0. The van der Waals surface area contributed by atoms with Gasteiger partial charge in [0.15, 0.2) is 0 Å². The van der Waals surface area contributed by atoms with Gasteiger partial charge in [-0.3, -0.25) is 0 Å². The molecule has 0 bridgehead atoms. The number of nitrogens with zero attached hydrogens (tertiary/aromatic N) is 1. The van der Waals surface area contributed by atoms with Gasteiger partial charge in [-0.1, -0.05) is 152 Å². The Hall–Kier alpha value is -6.64. The first-order chi connectivity index (χ1) is 24.8. The van der Waals surface area contributed by atoms with Gasteiger partial charge in [-0.15, -0.1) is 0 Å². The molecule has 8 aromatic rings. The lowest BCUT2D eigenvalue weighted by molar-refractivity contribution is 1.28. The molecule has 0 saturated heterocycles. The summed E-state index contributed by atoms with van der Waals surface area (Å²) in [6.07, 6.45) is 0. The van der Waals surface area contributed by atoms with Crippen LogP contribution in [0.4, 0.5) is 28.4 Å². The van der Waals surface area contributed by atoms with Crippen molar-refractivity contribution in [3.8, 4) is 44.5 Å². The molecule has 0 atom stereocenters. The van der Waals surface area contributed by atoms with E-state index in [1.165, 1.54) is 44.5 Å². The highest BCUT2D eigenvalue weighted by molar-refractivity contribution is 5.80. The highest BCUT2D eigenvalue weighted by Crippen LogP contribution is 2.37. The fraction of sp³-hybridized carbons (Fsp3) is 0. The Balaban J connectivity index is 0.988. The predicted octanol–water partition coefficient (Wildman–Crippen LogP) is 13.6. The van der Waals surface area contributed by atoms with E-state index in [1.54, 1.807) is 0 Å². The van der Waals surface area contributed by atoms with Gasteiger partial charge in [0.2, 0.25) is 0 Å². The van der Waals surface area contributed by atoms with E-state index >= 15 is 0 Å². The third-order valence-corrected chi connectivity index (χ3v) is 9.09. The maximum absolute atomic E-state index is 3.54. The van der Waals surface area contributed by atoms with Crippen molar-refractivity contribution >= 4 is 28.4 Å². The molecule has 0 spiro atoms. The number of para-hydroxylation sites is 1. The minimum atomic E-state index is 1.06. The highest BCUT2D eigenvalue weighted by atomic mass is 15.1. The smallest absolute Gasteiger partial charge is 0.0462 e. The van der Waals surface area contributed by atoms with Crippen molar-refractivity contribution in [3.63, 3.8) is 0 Å². The maximum Gasteiger partial charge on any atom is 0.0462 e. The van der Waals surface area contributed by atoms with Crippen LogP contribution in [-0.4, -0.2) is 0 Å². The molecule has 0 fully saturated rings. The van der Waals surface area contributed by atoms with Gasteiger partial charge >= 0.3 is 0 Å². The molecule has 0 heterocycles. The van der Waals surface area contributed by atoms with Crippen LogP contribution in [0, 0.1) is 0 Å². The molecule has 0 aliphatic rings. The Morgan fingerprint density at radius 2 is 0.460 bits per heavy atom. The fourth-order valence-electron chi connectivity index (χ4n) is 6.41. The molecule has 1 N–H and O–H groups in total. The zero-order valence-corrected chi connectivity index (χ0v) is 27.7. The molecule has 0 aliphatic carbocycles. The van der Waals surface area contributed by atoms with Crippen LogP contribution >= 0.6 is 0 Å². The van der Waals surface area contributed by atoms with Crippen LogP contribution < -0.4 is 10.2 Å². The molecule has 0 unspecified atom stereocenters. The van der Waals surface area contributed by atoms with E-state index in [-0.39, 0.29) is 0 Å². The zero-order chi connectivity index (χ0) is 33.5. The van der Waals surface area contributed by atoms with E-state index in [9.17, 15) is 0 Å². The fourth-order valence-corrected chi connectivity index (χ4v) is 6.41. The van der Waals surface area contributed by atoms with E-state index < -0.39 is 0 Å². The SMILES string of the molecule is c1ccc(-c2ccc(Nc3ccc(-c4ccc(N(c5ccccc5)c5ccc(-c6ccc(-c7ccccc7)cc6)cc5)cc4)cc3)cc2)cc1. The maximum atomic E-state index is 3.54. The van der Waals surface area contributed by atoms with Crippen LogP contribution in [0.5, 0.6) is 0 Å². The first-order valence-corrected chi connectivity index (χ1v) is 17.0. The van der Waals surface area contributed by atoms with Crippen molar-refractivity contribution < 1.29 is 0 Å². The van der Waals surface area contributed by atoms with E-state index in [0.29, 0.717) is 0 Å². The summed E-state index contributed by atoms with van der Waals surface area (Å²) in [5, 5.41) is 3.54. The van der Waals surface area contributed by atoms with E-state index in [0.717, 1.165) is 28.4 Å². The molecule has 238 valence electrons. The highest BCUT2D eigenvalue weighted by Gasteiger charge is 2.13. The molecule has 50 heavy (non-hydrogen) atoms. The van der Waals surface area contributed by atoms with Gasteiger partial charge in [-0.2, -0.15) is 0 Å². The monoisotopic (exact) mass is 640 g/mol. The number of benzene rings is 8. The third kappa shape index (κ3) is 6.82. The first-order valence-electron chi connectivity index (χ1n) is 17.0. The summed E-state index contributed by atoms with van der Waals surface area (Å²) in [6.45, 7) is 0. The summed E-state index contributed by atoms with van der Waals surface area (Å²) in [5.41, 5.74) is 15.1. The summed E-state index contributed by atoms with van der Waals surface area (Å²) in [4.78, 5) is 2.31. The van der Waals surface area contributed by atoms with Crippen LogP contribution in [0.3, 0.4) is 0 Å². The van der Waals surface area contributed by atoms with Gasteiger partial charge in [-0.05, 0) is 105 Å². The van der Waals surface area contributed by atoms with Crippen LogP contribution in [-0.2, 0) is 0 Å². The number of hydrogen-bond donors (Lipinski definition) is 1. The quantitative estimate of drug-likeness (QED) is 0.169. The minimum absolute atomic E-state index is 1.06. The molecular weight excluding hydrogens is 605 g/mol. The van der Waals surface area contributed by atoms with E-state index in [4.69, 9.17) is 0 Å². The average molecular weight is 641 g/mol. The van der Waals surface area contributed by atoms with Crippen molar-refractivity contribution in [1.29, 1.82) is 0 Å². The number of anilines is 5. The molecule has 0 aromatic heterocycles. The normalized spacial score (nSPS) is 10.8. The summed E-state index contributed by atoms with van der Waals surface area (Å²) in [6, 6.07) is 75.2. The summed E-state index contributed by atoms with van der Waals surface area (Å²) in [5.74, 6) is 0. The number of hydrogen-bond acceptors (Lipinski definition) is 2. The molecule has 0 amide bonds. The van der Waals surface area contributed by atoms with Gasteiger partial charge in [-0.25, -0.2) is 0 Å². The second kappa shape index (κ2) is 14.2. The molecule has 0 radical (unpaired) electrons. The topological polar surface area (TPSA) is 15.3 Å². The second-order valence-corrected chi connectivity index (χ2v) is 12.4. The standard InChI is InChI=1S/C48H36N2/c1-4-10-36(11-5-1)38-16-18-39(19-17-38)42-24-32-47(33-25-42)50(46-14-8-3-9-15-46)48-34-26-43(27-35-48)41-22-30-45(31-23-41)49-44-28-20-40(21-29-44)37-12-6-2-7-13-37/h1-35,49H. The molecule has 2 nitrogen and oxygen atoms in total. The minimum Gasteiger partial charge on any atom is -0.356 e. The lowest BCUT2D eigenvalue weighted by Gasteiger charge is -2.26. The second-order valence-electron chi connectivity index (χ2n) is 12.4. The number of nitrogens with one attached hydrogen (secondary N) is 1. The third-order valence-electron chi connectivity index (χ3n) is 9.09. The molecule has 8 rings (SSSR count). The average Bonchev–Trinajstić information content (AvgIpc) is 3.20. The van der Waals surface area contributed by atoms with Crippen molar-refractivity contribution in [2.75, 3.05) is 10.2 Å². The Labute approximate surface area is 294 Å². The van der Waals surface area contributed by atoms with Gasteiger partial charge in [0.25, 0.3) is 0 Å². The molecule has 0 saturated carbocycles. The van der Waals surface area contributed by atoms with Crippen molar-refractivity contribution in [3.05, 3.63) is 212 Å². The van der Waals surface area contributed by atoms with E-state index in [2.05, 4.69) is 216 Å². The Morgan fingerprint density at radius 1 is 0.220 bits per heavy atom. The van der Waals surface area contributed by atoms with Gasteiger partial charge < -0.3 is 10.2 Å². The van der Waals surface area contributed by atoms with Crippen molar-refractivity contribution in [2.45, 2.75) is 0 Å². The largest absolute Gasteiger partial charge is 0.356 e. The van der Waals surface area contributed by atoms with E-state index in [1.807, 2.05) is 6.07 Å². The van der Waals surface area contributed by atoms with Gasteiger partial charge in [0.05, 0.1) is 0 Å². The van der Waals surface area contributed by atoms with Crippen LogP contribution in [0.2, 0.25) is 0 Å². The van der Waals surface area contributed by atoms with Gasteiger partial charge in [0.1, 0.15) is 0 Å². The molecule has 0 aliphatic heterocycles. The summed E-state index contributed by atoms with van der Waals surface area (Å²) >= 11 is 0. The van der Waals surface area contributed by atoms with Crippen LogP contribution in [0.1, 0.15) is 0 Å². The zero-order valence-electron chi connectivity index (χ0n) is 27.7. The van der Waals surface area contributed by atoms with Crippen LogP contribution in [0.25, 0.3) is 44.5 Å². The molecular formula is C48H36N2. The Kier molecular flexibility index (Phi) is 8.73. The Morgan fingerprint density at radius 3 is 0.800 bits per heavy atom. The van der Waals surface area contributed by atoms with Crippen LogP contribution in [0.15, 0.2) is 212 Å². The first kappa shape index (κ1) is 30.7. The summed E-state index contributed by atoms with van der Waals surface area (Å²) < 4.78 is 0. The Bertz CT molecular complexity index is 2260. The molecule has 8 aromatic carbocycles. The van der Waals surface area contributed by atoms with Crippen molar-refractivity contribution in [1.82, 2.24) is 0 Å². The molecule has 2 heteroatoms. The number of rotatable bonds is 9. The lowest BCUT2D eigenvalue weighted by atomic mass is 10.00. The van der Waals surface area contributed by atoms with Gasteiger partial charge in [0, 0.05) is 28.4 Å². The lowest BCUT2D eigenvalue weighted by Crippen LogP contribution is -2.09. The predicted molar refractivity (Wildman–Crippen MR) is 213 cm³/mol. The van der Waals surface area contributed by atoms with Crippen molar-refractivity contribution in [2.24, 2.45) is 0 Å².